The minimum Gasteiger partial charge on any atom is -0.294 e. The summed E-state index contributed by atoms with van der Waals surface area (Å²) in [5.41, 5.74) is 2.52. The topological polar surface area (TPSA) is 34.9 Å². The minimum absolute atomic E-state index is 0.0242. The monoisotopic (exact) mass is 262 g/mol. The largest absolute Gasteiger partial charge is 0.294 e. The molecule has 0 aliphatic carbocycles. The molecular formula is C14H15ClN2O. The fourth-order valence-electron chi connectivity index (χ4n) is 1.91. The molecule has 1 aromatic heterocycles. The Hall–Kier alpha value is -1.61. The van der Waals surface area contributed by atoms with Crippen molar-refractivity contribution in [3.05, 3.63) is 41.0 Å². The summed E-state index contributed by atoms with van der Waals surface area (Å²) in [6, 6.07) is 7.70. The Bertz CT molecular complexity index is 587. The lowest BCUT2D eigenvalue weighted by Crippen LogP contribution is -2.04. The van der Waals surface area contributed by atoms with Crippen LogP contribution in [0.2, 0.25) is 5.02 Å². The van der Waals surface area contributed by atoms with E-state index in [9.17, 15) is 4.79 Å². The van der Waals surface area contributed by atoms with E-state index < -0.39 is 0 Å². The first-order chi connectivity index (χ1) is 8.50. The second-order valence-corrected chi connectivity index (χ2v) is 4.91. The van der Waals surface area contributed by atoms with Gasteiger partial charge in [-0.05, 0) is 39.0 Å². The number of rotatable bonds is 3. The molecule has 2 aromatic rings. The van der Waals surface area contributed by atoms with Gasteiger partial charge in [0.15, 0.2) is 5.78 Å². The summed E-state index contributed by atoms with van der Waals surface area (Å²) >= 11 is 6.12. The van der Waals surface area contributed by atoms with Gasteiger partial charge in [-0.3, -0.25) is 9.48 Å². The third-order valence-corrected chi connectivity index (χ3v) is 3.12. The van der Waals surface area contributed by atoms with Crippen molar-refractivity contribution in [2.75, 3.05) is 0 Å². The van der Waals surface area contributed by atoms with Gasteiger partial charge in [-0.2, -0.15) is 5.10 Å². The summed E-state index contributed by atoms with van der Waals surface area (Å²) < 4.78 is 1.93. The summed E-state index contributed by atoms with van der Waals surface area (Å²) in [6.07, 6.45) is 1.77. The Morgan fingerprint density at radius 3 is 2.61 bits per heavy atom. The number of benzene rings is 1. The van der Waals surface area contributed by atoms with E-state index in [0.717, 1.165) is 11.3 Å². The summed E-state index contributed by atoms with van der Waals surface area (Å²) in [6.45, 7) is 5.66. The molecular weight excluding hydrogens is 248 g/mol. The molecule has 0 radical (unpaired) electrons. The lowest BCUT2D eigenvalue weighted by atomic mass is 10.1. The van der Waals surface area contributed by atoms with Gasteiger partial charge in [0.2, 0.25) is 0 Å². The number of carbonyl (C=O) groups excluding carboxylic acids is 1. The van der Waals surface area contributed by atoms with Crippen molar-refractivity contribution in [3.8, 4) is 11.3 Å². The first kappa shape index (κ1) is 12.8. The molecule has 0 fully saturated rings. The first-order valence-corrected chi connectivity index (χ1v) is 6.23. The Balaban J connectivity index is 2.49. The molecule has 0 N–H and O–H groups in total. The number of aromatic nitrogens is 2. The van der Waals surface area contributed by atoms with Crippen molar-refractivity contribution < 1.29 is 4.79 Å². The van der Waals surface area contributed by atoms with Crippen LogP contribution in [-0.2, 0) is 0 Å². The van der Waals surface area contributed by atoms with Crippen molar-refractivity contribution in [1.82, 2.24) is 9.78 Å². The number of hydrogen-bond acceptors (Lipinski definition) is 2. The molecule has 0 spiro atoms. The predicted molar refractivity (Wildman–Crippen MR) is 73.1 cm³/mol. The van der Waals surface area contributed by atoms with Crippen LogP contribution in [0.1, 0.15) is 37.2 Å². The molecule has 2 rings (SSSR count). The molecule has 0 saturated carbocycles. The van der Waals surface area contributed by atoms with E-state index in [1.54, 1.807) is 12.3 Å². The van der Waals surface area contributed by atoms with Crippen LogP contribution in [0.4, 0.5) is 0 Å². The zero-order chi connectivity index (χ0) is 13.3. The number of carbonyl (C=O) groups is 1. The van der Waals surface area contributed by atoms with E-state index in [4.69, 9.17) is 11.6 Å². The van der Waals surface area contributed by atoms with Crippen LogP contribution in [-0.4, -0.2) is 15.6 Å². The third kappa shape index (κ3) is 2.31. The molecule has 0 amide bonds. The summed E-state index contributed by atoms with van der Waals surface area (Å²) in [5.74, 6) is -0.0242. The highest BCUT2D eigenvalue weighted by atomic mass is 35.5. The molecule has 18 heavy (non-hydrogen) atoms. The number of ketones is 1. The van der Waals surface area contributed by atoms with Gasteiger partial charge in [0, 0.05) is 23.4 Å². The van der Waals surface area contributed by atoms with Crippen molar-refractivity contribution in [1.29, 1.82) is 0 Å². The van der Waals surface area contributed by atoms with Gasteiger partial charge in [0.05, 0.1) is 10.7 Å². The number of nitrogens with zero attached hydrogens (tertiary/aromatic N) is 2. The second kappa shape index (κ2) is 4.94. The summed E-state index contributed by atoms with van der Waals surface area (Å²) in [7, 11) is 0. The minimum atomic E-state index is -0.0242. The summed E-state index contributed by atoms with van der Waals surface area (Å²) in [4.78, 5) is 11.3. The molecule has 0 atom stereocenters. The van der Waals surface area contributed by atoms with Crippen LogP contribution >= 0.6 is 11.6 Å². The molecule has 0 bridgehead atoms. The van der Waals surface area contributed by atoms with E-state index in [1.165, 1.54) is 6.92 Å². The van der Waals surface area contributed by atoms with E-state index in [1.807, 2.05) is 22.9 Å². The normalized spacial score (nSPS) is 10.9. The number of Topliss-reactive ketones (excluding diaryl/α,β-unsaturated/α-hetero) is 1. The molecule has 1 heterocycles. The van der Waals surface area contributed by atoms with Gasteiger partial charge in [-0.25, -0.2) is 0 Å². The maximum atomic E-state index is 11.3. The average molecular weight is 263 g/mol. The predicted octanol–water partition coefficient (Wildman–Crippen LogP) is 3.99. The lowest BCUT2D eigenvalue weighted by molar-refractivity contribution is 0.101. The molecule has 0 saturated heterocycles. The molecule has 94 valence electrons. The van der Waals surface area contributed by atoms with Gasteiger partial charge in [0.1, 0.15) is 0 Å². The van der Waals surface area contributed by atoms with Gasteiger partial charge in [0.25, 0.3) is 0 Å². The van der Waals surface area contributed by atoms with Crippen LogP contribution in [0.3, 0.4) is 0 Å². The zero-order valence-electron chi connectivity index (χ0n) is 10.6. The molecule has 0 unspecified atom stereocenters. The molecule has 4 heteroatoms. The fraction of sp³-hybridized carbons (Fsp3) is 0.286. The molecule has 0 aliphatic heterocycles. The first-order valence-electron chi connectivity index (χ1n) is 5.85. The van der Waals surface area contributed by atoms with Crippen LogP contribution in [0, 0.1) is 0 Å². The van der Waals surface area contributed by atoms with Gasteiger partial charge in [-0.15, -0.1) is 0 Å². The van der Waals surface area contributed by atoms with Gasteiger partial charge >= 0.3 is 0 Å². The van der Waals surface area contributed by atoms with Crippen LogP contribution in [0.25, 0.3) is 11.3 Å². The molecule has 1 aromatic carbocycles. The highest BCUT2D eigenvalue weighted by Crippen LogP contribution is 2.27. The standard InChI is InChI=1S/C14H15ClN2O/c1-9(2)17-14(6-7-16-17)11-4-5-12(10(3)18)13(15)8-11/h4-9H,1-3H3. The van der Waals surface area contributed by atoms with E-state index >= 15 is 0 Å². The Labute approximate surface area is 111 Å². The highest BCUT2D eigenvalue weighted by Gasteiger charge is 2.11. The molecule has 3 nitrogen and oxygen atoms in total. The maximum absolute atomic E-state index is 11.3. The van der Waals surface area contributed by atoms with Crippen molar-refractivity contribution >= 4 is 17.4 Å². The van der Waals surface area contributed by atoms with Crippen molar-refractivity contribution in [2.24, 2.45) is 0 Å². The zero-order valence-corrected chi connectivity index (χ0v) is 11.4. The van der Waals surface area contributed by atoms with Gasteiger partial charge in [-0.1, -0.05) is 17.7 Å². The third-order valence-electron chi connectivity index (χ3n) is 2.80. The van der Waals surface area contributed by atoms with E-state index in [0.29, 0.717) is 10.6 Å². The second-order valence-electron chi connectivity index (χ2n) is 4.51. The number of hydrogen-bond donors (Lipinski definition) is 0. The van der Waals surface area contributed by atoms with Crippen LogP contribution < -0.4 is 0 Å². The SMILES string of the molecule is CC(=O)c1ccc(-c2ccnn2C(C)C)cc1Cl. The van der Waals surface area contributed by atoms with Gasteiger partial charge < -0.3 is 0 Å². The smallest absolute Gasteiger partial charge is 0.161 e. The fourth-order valence-corrected chi connectivity index (χ4v) is 2.23. The van der Waals surface area contributed by atoms with E-state index in [2.05, 4.69) is 18.9 Å². The summed E-state index contributed by atoms with van der Waals surface area (Å²) in [5, 5.41) is 4.77. The lowest BCUT2D eigenvalue weighted by Gasteiger charge is -2.11. The van der Waals surface area contributed by atoms with Crippen molar-refractivity contribution in [2.45, 2.75) is 26.8 Å². The van der Waals surface area contributed by atoms with Crippen LogP contribution in [0.5, 0.6) is 0 Å². The Kier molecular flexibility index (Phi) is 3.53. The maximum Gasteiger partial charge on any atom is 0.161 e. The average Bonchev–Trinajstić information content (AvgIpc) is 2.77. The molecule has 0 aliphatic rings. The quantitative estimate of drug-likeness (QED) is 0.784. The Morgan fingerprint density at radius 1 is 1.33 bits per heavy atom. The van der Waals surface area contributed by atoms with Crippen LogP contribution in [0.15, 0.2) is 30.5 Å². The Morgan fingerprint density at radius 2 is 2.06 bits per heavy atom. The van der Waals surface area contributed by atoms with Crippen molar-refractivity contribution in [3.63, 3.8) is 0 Å². The van der Waals surface area contributed by atoms with E-state index in [-0.39, 0.29) is 11.8 Å². The highest BCUT2D eigenvalue weighted by molar-refractivity contribution is 6.34. The number of halogens is 1.